The normalized spacial score (nSPS) is 19.7. The summed E-state index contributed by atoms with van der Waals surface area (Å²) in [4.78, 5) is 2.43. The molecule has 0 saturated heterocycles. The van der Waals surface area contributed by atoms with Crippen molar-refractivity contribution in [1.29, 1.82) is 0 Å². The average Bonchev–Trinajstić information content (AvgIpc) is 3.07. The Balaban J connectivity index is 1.49. The standard InChI is InChI=1S/C39H45N2O6/c1-40-16-14-26-21-33(43-5)35-23-29(26)30(40)18-24-8-11-28(12-9-24)46-34-20-25(10-13-32(34)42-4)19-31-37-27(15-17-41(31,2)3)22-36(44-6)38(45-7)39(37)47-35/h8-13,20-23,30-31H,14-19H2,1-7H3/q+1. The van der Waals surface area contributed by atoms with Crippen molar-refractivity contribution >= 4 is 0 Å². The molecule has 0 N–H and O–H groups in total. The molecule has 8 heteroatoms. The van der Waals surface area contributed by atoms with Crippen molar-refractivity contribution < 1.29 is 32.9 Å². The van der Waals surface area contributed by atoms with Crippen LogP contribution in [-0.2, 0) is 25.7 Å². The molecule has 0 radical (unpaired) electrons. The largest absolute Gasteiger partial charge is 0.493 e. The molecule has 0 fully saturated rings. The summed E-state index contributed by atoms with van der Waals surface area (Å²) in [7, 11) is 13.6. The van der Waals surface area contributed by atoms with Gasteiger partial charge in [-0.25, -0.2) is 0 Å². The molecular formula is C39H45N2O6+. The summed E-state index contributed by atoms with van der Waals surface area (Å²) in [5, 5.41) is 0. The Kier molecular flexibility index (Phi) is 8.18. The van der Waals surface area contributed by atoms with Gasteiger partial charge in [-0.1, -0.05) is 18.2 Å². The van der Waals surface area contributed by atoms with Crippen LogP contribution in [0.25, 0.3) is 0 Å². The van der Waals surface area contributed by atoms with Crippen LogP contribution in [0.2, 0.25) is 0 Å². The van der Waals surface area contributed by atoms with Crippen molar-refractivity contribution in [2.75, 3.05) is 62.7 Å². The maximum absolute atomic E-state index is 7.09. The van der Waals surface area contributed by atoms with E-state index >= 15 is 0 Å². The van der Waals surface area contributed by atoms with Gasteiger partial charge in [-0.05, 0) is 90.2 Å². The van der Waals surface area contributed by atoms with E-state index in [1.54, 1.807) is 28.4 Å². The van der Waals surface area contributed by atoms with Crippen LogP contribution >= 0.6 is 0 Å². The number of hydrogen-bond acceptors (Lipinski definition) is 7. The highest BCUT2D eigenvalue weighted by Gasteiger charge is 2.41. The van der Waals surface area contributed by atoms with Crippen LogP contribution in [-0.4, -0.2) is 72.1 Å². The fourth-order valence-electron chi connectivity index (χ4n) is 7.61. The third-order valence-electron chi connectivity index (χ3n) is 10.4. The second kappa shape index (κ2) is 12.3. The van der Waals surface area contributed by atoms with Gasteiger partial charge in [-0.2, -0.15) is 0 Å². The molecule has 6 bridgehead atoms. The van der Waals surface area contributed by atoms with Gasteiger partial charge < -0.3 is 32.9 Å². The quantitative estimate of drug-likeness (QED) is 0.218. The summed E-state index contributed by atoms with van der Waals surface area (Å²) < 4.78 is 38.1. The van der Waals surface area contributed by atoms with Crippen molar-refractivity contribution in [1.82, 2.24) is 4.90 Å². The Morgan fingerprint density at radius 1 is 0.702 bits per heavy atom. The van der Waals surface area contributed by atoms with Gasteiger partial charge in [0.15, 0.2) is 34.5 Å². The molecule has 0 aliphatic carbocycles. The number of nitrogens with zero attached hydrogens (tertiary/aromatic N) is 2. The second-order valence-electron chi connectivity index (χ2n) is 13.5. The molecule has 0 aromatic heterocycles. The van der Waals surface area contributed by atoms with Crippen molar-refractivity contribution in [3.8, 4) is 46.0 Å². The lowest BCUT2D eigenvalue weighted by atomic mass is 9.85. The minimum Gasteiger partial charge on any atom is -0.493 e. The van der Waals surface area contributed by atoms with E-state index in [-0.39, 0.29) is 12.1 Å². The SMILES string of the molecule is COc1ccc2cc1Oc1ccc(cc1)CC1c3cc(c(OC)cc3CCN1C)Oc1c(OC)c(OC)cc3c1C(C2)[N+](C)(C)CC3. The summed E-state index contributed by atoms with van der Waals surface area (Å²) in [5.74, 6) is 5.47. The molecule has 246 valence electrons. The third kappa shape index (κ3) is 5.63. The molecule has 2 unspecified atom stereocenters. The molecule has 4 aromatic carbocycles. The molecule has 8 nitrogen and oxygen atoms in total. The van der Waals surface area contributed by atoms with Gasteiger partial charge in [0.25, 0.3) is 0 Å². The Morgan fingerprint density at radius 2 is 1.40 bits per heavy atom. The molecule has 4 heterocycles. The van der Waals surface area contributed by atoms with Crippen LogP contribution < -0.4 is 28.4 Å². The zero-order valence-corrected chi connectivity index (χ0v) is 28.5. The molecular weight excluding hydrogens is 592 g/mol. The first-order chi connectivity index (χ1) is 22.7. The number of fused-ring (bicyclic) bond motifs is 2. The van der Waals surface area contributed by atoms with Gasteiger partial charge >= 0.3 is 0 Å². The highest BCUT2D eigenvalue weighted by Crippen LogP contribution is 2.53. The number of benzene rings is 4. The van der Waals surface area contributed by atoms with Gasteiger partial charge in [0.05, 0.1) is 54.6 Å². The van der Waals surface area contributed by atoms with Gasteiger partial charge in [0.1, 0.15) is 11.8 Å². The number of likely N-dealkylation sites (N-methyl/N-ethyl adjacent to an activating group) is 2. The van der Waals surface area contributed by atoms with E-state index in [4.69, 9.17) is 28.4 Å². The van der Waals surface area contributed by atoms with E-state index in [2.05, 4.69) is 80.6 Å². The lowest BCUT2D eigenvalue weighted by Gasteiger charge is -2.43. The Hall–Kier alpha value is -4.40. The third-order valence-corrected chi connectivity index (χ3v) is 10.4. The molecule has 0 saturated carbocycles. The maximum Gasteiger partial charge on any atom is 0.204 e. The van der Waals surface area contributed by atoms with Crippen LogP contribution in [0.3, 0.4) is 0 Å². The molecule has 4 aliphatic rings. The average molecular weight is 638 g/mol. The van der Waals surface area contributed by atoms with Crippen molar-refractivity contribution in [3.05, 3.63) is 94.0 Å². The summed E-state index contributed by atoms with van der Waals surface area (Å²) in [5.41, 5.74) is 7.23. The number of hydrogen-bond donors (Lipinski definition) is 0. The predicted molar refractivity (Wildman–Crippen MR) is 182 cm³/mol. The first-order valence-electron chi connectivity index (χ1n) is 16.4. The highest BCUT2D eigenvalue weighted by molar-refractivity contribution is 5.63. The van der Waals surface area contributed by atoms with E-state index in [1.165, 1.54) is 22.3 Å². The number of ether oxygens (including phenoxy) is 6. The van der Waals surface area contributed by atoms with Crippen LogP contribution in [0.5, 0.6) is 46.0 Å². The molecule has 4 aromatic rings. The first-order valence-corrected chi connectivity index (χ1v) is 16.4. The molecule has 2 atom stereocenters. The lowest BCUT2D eigenvalue weighted by molar-refractivity contribution is -0.923. The first kappa shape index (κ1) is 31.2. The van der Waals surface area contributed by atoms with E-state index in [9.17, 15) is 0 Å². The van der Waals surface area contributed by atoms with Crippen LogP contribution in [0.15, 0.2) is 60.7 Å². The lowest BCUT2D eigenvalue weighted by Crippen LogP contribution is -2.48. The fourth-order valence-corrected chi connectivity index (χ4v) is 7.61. The molecule has 0 amide bonds. The zero-order valence-electron chi connectivity index (χ0n) is 28.5. The summed E-state index contributed by atoms with van der Waals surface area (Å²) in [6.07, 6.45) is 3.42. The summed E-state index contributed by atoms with van der Waals surface area (Å²) >= 11 is 0. The van der Waals surface area contributed by atoms with E-state index in [0.717, 1.165) is 60.1 Å². The Morgan fingerprint density at radius 3 is 2.13 bits per heavy atom. The molecule has 0 spiro atoms. The minimum absolute atomic E-state index is 0.0514. The molecule has 4 aliphatic heterocycles. The fraction of sp³-hybridized carbons (Fsp3) is 0.385. The highest BCUT2D eigenvalue weighted by atomic mass is 16.5. The van der Waals surface area contributed by atoms with Crippen molar-refractivity contribution in [2.45, 2.75) is 37.8 Å². The van der Waals surface area contributed by atoms with Crippen molar-refractivity contribution in [3.63, 3.8) is 0 Å². The van der Waals surface area contributed by atoms with Gasteiger partial charge in [0, 0.05) is 25.4 Å². The van der Waals surface area contributed by atoms with Gasteiger partial charge in [-0.3, -0.25) is 4.90 Å². The molecule has 8 rings (SSSR count). The van der Waals surface area contributed by atoms with Crippen molar-refractivity contribution in [2.24, 2.45) is 0 Å². The topological polar surface area (TPSA) is 58.6 Å². The van der Waals surface area contributed by atoms with Gasteiger partial charge in [0.2, 0.25) is 5.75 Å². The maximum atomic E-state index is 7.09. The summed E-state index contributed by atoms with van der Waals surface area (Å²) in [6, 6.07) is 21.4. The van der Waals surface area contributed by atoms with Gasteiger partial charge in [-0.15, -0.1) is 0 Å². The predicted octanol–water partition coefficient (Wildman–Crippen LogP) is 7.31. The van der Waals surface area contributed by atoms with E-state index in [0.29, 0.717) is 40.2 Å². The number of rotatable bonds is 4. The van der Waals surface area contributed by atoms with Crippen LogP contribution in [0.1, 0.15) is 45.5 Å². The summed E-state index contributed by atoms with van der Waals surface area (Å²) in [6.45, 7) is 1.93. The Bertz CT molecular complexity index is 1800. The Labute approximate surface area is 277 Å². The smallest absolute Gasteiger partial charge is 0.204 e. The zero-order chi connectivity index (χ0) is 32.9. The number of quaternary nitrogens is 1. The van der Waals surface area contributed by atoms with E-state index < -0.39 is 0 Å². The number of methoxy groups -OCH3 is 4. The van der Waals surface area contributed by atoms with Crippen LogP contribution in [0.4, 0.5) is 0 Å². The minimum atomic E-state index is 0.0514. The molecule has 47 heavy (non-hydrogen) atoms. The monoisotopic (exact) mass is 637 g/mol. The van der Waals surface area contributed by atoms with Crippen LogP contribution in [0, 0.1) is 0 Å². The van der Waals surface area contributed by atoms with E-state index in [1.807, 2.05) is 6.07 Å². The second-order valence-corrected chi connectivity index (χ2v) is 13.5.